The summed E-state index contributed by atoms with van der Waals surface area (Å²) in [6, 6.07) is 10.2. The molecular formula is C15H15Cl2N3O. The van der Waals surface area contributed by atoms with Crippen LogP contribution < -0.4 is 11.1 Å². The van der Waals surface area contributed by atoms with Crippen LogP contribution in [0.15, 0.2) is 36.4 Å². The zero-order valence-electron chi connectivity index (χ0n) is 11.7. The monoisotopic (exact) mass is 323 g/mol. The molecule has 0 fully saturated rings. The number of nitrogen functional groups attached to an aromatic ring is 1. The Balaban J connectivity index is 2.35. The molecule has 6 heteroatoms. The quantitative estimate of drug-likeness (QED) is 0.838. The Kier molecular flexibility index (Phi) is 4.60. The molecule has 0 atom stereocenters. The predicted octanol–water partition coefficient (Wildman–Crippen LogP) is 4.02. The molecule has 4 nitrogen and oxygen atoms in total. The van der Waals surface area contributed by atoms with Crippen molar-refractivity contribution in [2.24, 2.45) is 0 Å². The van der Waals surface area contributed by atoms with Gasteiger partial charge in [0, 0.05) is 35.4 Å². The molecule has 0 aliphatic heterocycles. The molecule has 0 aliphatic carbocycles. The lowest BCUT2D eigenvalue weighted by Crippen LogP contribution is -2.21. The Bertz CT molecular complexity index is 666. The second-order valence-corrected chi connectivity index (χ2v) is 5.66. The van der Waals surface area contributed by atoms with Gasteiger partial charge in [-0.25, -0.2) is 0 Å². The lowest BCUT2D eigenvalue weighted by molar-refractivity contribution is 0.0827. The molecule has 3 N–H and O–H groups in total. The summed E-state index contributed by atoms with van der Waals surface area (Å²) in [5.41, 5.74) is 8.34. The maximum Gasteiger partial charge on any atom is 0.253 e. The lowest BCUT2D eigenvalue weighted by Gasteiger charge is -2.14. The van der Waals surface area contributed by atoms with E-state index in [-0.39, 0.29) is 5.91 Å². The summed E-state index contributed by atoms with van der Waals surface area (Å²) in [5, 5.41) is 4.16. The van der Waals surface area contributed by atoms with Gasteiger partial charge in [0.15, 0.2) is 0 Å². The third-order valence-electron chi connectivity index (χ3n) is 2.85. The molecule has 0 aliphatic rings. The Morgan fingerprint density at radius 1 is 1.10 bits per heavy atom. The fraction of sp³-hybridized carbons (Fsp3) is 0.133. The molecule has 0 saturated heterocycles. The highest BCUT2D eigenvalue weighted by molar-refractivity contribution is 6.35. The highest BCUT2D eigenvalue weighted by atomic mass is 35.5. The second-order valence-electron chi connectivity index (χ2n) is 4.78. The molecule has 21 heavy (non-hydrogen) atoms. The maximum absolute atomic E-state index is 12.0. The van der Waals surface area contributed by atoms with Crippen molar-refractivity contribution in [3.8, 4) is 0 Å². The van der Waals surface area contributed by atoms with Crippen LogP contribution in [0.1, 0.15) is 10.4 Å². The molecule has 0 radical (unpaired) electrons. The third kappa shape index (κ3) is 3.80. The molecule has 0 aromatic heterocycles. The SMILES string of the molecule is CN(C)C(=O)c1ccc(N)c(Nc2cc(Cl)cc(Cl)c2)c1. The summed E-state index contributed by atoms with van der Waals surface area (Å²) >= 11 is 11.9. The number of amides is 1. The maximum atomic E-state index is 12.0. The normalized spacial score (nSPS) is 10.3. The van der Waals surface area contributed by atoms with Crippen molar-refractivity contribution < 1.29 is 4.79 Å². The van der Waals surface area contributed by atoms with Gasteiger partial charge in [-0.3, -0.25) is 4.79 Å². The fourth-order valence-electron chi connectivity index (χ4n) is 1.84. The van der Waals surface area contributed by atoms with Crippen molar-refractivity contribution in [3.63, 3.8) is 0 Å². The number of rotatable bonds is 3. The van der Waals surface area contributed by atoms with E-state index < -0.39 is 0 Å². The summed E-state index contributed by atoms with van der Waals surface area (Å²) in [4.78, 5) is 13.5. The Morgan fingerprint density at radius 2 is 1.71 bits per heavy atom. The third-order valence-corrected chi connectivity index (χ3v) is 3.28. The van der Waals surface area contributed by atoms with E-state index in [0.29, 0.717) is 32.7 Å². The minimum Gasteiger partial charge on any atom is -0.397 e. The van der Waals surface area contributed by atoms with Crippen LogP contribution in [-0.4, -0.2) is 24.9 Å². The van der Waals surface area contributed by atoms with Crippen LogP contribution in [-0.2, 0) is 0 Å². The second kappa shape index (κ2) is 6.24. The minimum atomic E-state index is -0.0952. The van der Waals surface area contributed by atoms with Gasteiger partial charge in [-0.15, -0.1) is 0 Å². The highest BCUT2D eigenvalue weighted by Crippen LogP contribution is 2.28. The predicted molar refractivity (Wildman–Crippen MR) is 88.6 cm³/mol. The summed E-state index contributed by atoms with van der Waals surface area (Å²) in [6.07, 6.45) is 0. The highest BCUT2D eigenvalue weighted by Gasteiger charge is 2.10. The topological polar surface area (TPSA) is 58.4 Å². The van der Waals surface area contributed by atoms with Crippen LogP contribution in [0.5, 0.6) is 0 Å². The first-order valence-electron chi connectivity index (χ1n) is 6.21. The molecule has 0 bridgehead atoms. The van der Waals surface area contributed by atoms with Gasteiger partial charge in [0.1, 0.15) is 0 Å². The number of halogens is 2. The molecule has 110 valence electrons. The summed E-state index contributed by atoms with van der Waals surface area (Å²) in [6.45, 7) is 0. The largest absolute Gasteiger partial charge is 0.397 e. The summed E-state index contributed by atoms with van der Waals surface area (Å²) < 4.78 is 0. The van der Waals surface area contributed by atoms with E-state index in [1.165, 1.54) is 4.90 Å². The van der Waals surface area contributed by atoms with Crippen molar-refractivity contribution in [2.75, 3.05) is 25.1 Å². The Morgan fingerprint density at radius 3 is 2.29 bits per heavy atom. The number of nitrogens with one attached hydrogen (secondary N) is 1. The van der Waals surface area contributed by atoms with Crippen LogP contribution in [0.25, 0.3) is 0 Å². The van der Waals surface area contributed by atoms with Gasteiger partial charge in [0.25, 0.3) is 5.91 Å². The molecule has 1 amide bonds. The van der Waals surface area contributed by atoms with Crippen molar-refractivity contribution in [1.29, 1.82) is 0 Å². The van der Waals surface area contributed by atoms with Crippen LogP contribution in [0.3, 0.4) is 0 Å². The van der Waals surface area contributed by atoms with E-state index in [0.717, 1.165) is 0 Å². The van der Waals surface area contributed by atoms with Gasteiger partial charge >= 0.3 is 0 Å². The van der Waals surface area contributed by atoms with Crippen molar-refractivity contribution in [1.82, 2.24) is 4.90 Å². The van der Waals surface area contributed by atoms with E-state index in [1.807, 2.05) is 0 Å². The van der Waals surface area contributed by atoms with Gasteiger partial charge in [-0.2, -0.15) is 0 Å². The van der Waals surface area contributed by atoms with Crippen LogP contribution in [0.2, 0.25) is 10.0 Å². The van der Waals surface area contributed by atoms with E-state index in [4.69, 9.17) is 28.9 Å². The number of nitrogens with two attached hydrogens (primary N) is 1. The van der Waals surface area contributed by atoms with Crippen LogP contribution in [0, 0.1) is 0 Å². The number of benzene rings is 2. The van der Waals surface area contributed by atoms with Crippen LogP contribution in [0.4, 0.5) is 17.1 Å². The minimum absolute atomic E-state index is 0.0952. The van der Waals surface area contributed by atoms with Crippen molar-refractivity contribution >= 4 is 46.2 Å². The smallest absolute Gasteiger partial charge is 0.253 e. The first-order valence-corrected chi connectivity index (χ1v) is 6.96. The van der Waals surface area contributed by atoms with Gasteiger partial charge in [-0.1, -0.05) is 23.2 Å². The van der Waals surface area contributed by atoms with Gasteiger partial charge in [0.05, 0.1) is 11.4 Å². The van der Waals surface area contributed by atoms with Crippen molar-refractivity contribution in [2.45, 2.75) is 0 Å². The van der Waals surface area contributed by atoms with E-state index in [1.54, 1.807) is 50.5 Å². The molecule has 2 aromatic carbocycles. The van der Waals surface area contributed by atoms with Gasteiger partial charge < -0.3 is 16.0 Å². The molecule has 0 unspecified atom stereocenters. The van der Waals surface area contributed by atoms with Gasteiger partial charge in [0.2, 0.25) is 0 Å². The van der Waals surface area contributed by atoms with Crippen LogP contribution >= 0.6 is 23.2 Å². The molecule has 0 heterocycles. The zero-order chi connectivity index (χ0) is 15.6. The number of carbonyl (C=O) groups is 1. The lowest BCUT2D eigenvalue weighted by atomic mass is 10.1. The standard InChI is InChI=1S/C15H15Cl2N3O/c1-20(2)15(21)9-3-4-13(18)14(5-9)19-12-7-10(16)6-11(17)8-12/h3-8,19H,18H2,1-2H3. The average Bonchev–Trinajstić information content (AvgIpc) is 2.39. The Hall–Kier alpha value is -1.91. The summed E-state index contributed by atoms with van der Waals surface area (Å²) in [7, 11) is 3.39. The first-order chi connectivity index (χ1) is 9.86. The molecule has 0 spiro atoms. The molecule has 2 aromatic rings. The number of hydrogen-bond donors (Lipinski definition) is 2. The fourth-order valence-corrected chi connectivity index (χ4v) is 2.36. The van der Waals surface area contributed by atoms with E-state index >= 15 is 0 Å². The van der Waals surface area contributed by atoms with Crippen molar-refractivity contribution in [3.05, 3.63) is 52.0 Å². The average molecular weight is 324 g/mol. The molecule has 2 rings (SSSR count). The Labute approximate surface area is 133 Å². The number of anilines is 3. The molecule has 0 saturated carbocycles. The van der Waals surface area contributed by atoms with E-state index in [9.17, 15) is 4.79 Å². The number of carbonyl (C=O) groups excluding carboxylic acids is 1. The van der Waals surface area contributed by atoms with E-state index in [2.05, 4.69) is 5.32 Å². The number of nitrogens with zero attached hydrogens (tertiary/aromatic N) is 1. The first kappa shape index (κ1) is 15.5. The van der Waals surface area contributed by atoms with Gasteiger partial charge in [-0.05, 0) is 36.4 Å². The molecular weight excluding hydrogens is 309 g/mol. The summed E-state index contributed by atoms with van der Waals surface area (Å²) in [5.74, 6) is -0.0952. The number of hydrogen-bond acceptors (Lipinski definition) is 3. The zero-order valence-corrected chi connectivity index (χ0v) is 13.2.